The van der Waals surface area contributed by atoms with Crippen LogP contribution in [-0.4, -0.2) is 21.3 Å². The summed E-state index contributed by atoms with van der Waals surface area (Å²) in [5.74, 6) is 2.46. The Labute approximate surface area is 129 Å². The fourth-order valence-corrected chi connectivity index (χ4v) is 3.56. The van der Waals surface area contributed by atoms with Crippen LogP contribution in [0.5, 0.6) is 11.5 Å². The van der Waals surface area contributed by atoms with Gasteiger partial charge in [-0.05, 0) is 56.2 Å². The molecule has 0 spiro atoms. The van der Waals surface area contributed by atoms with E-state index in [1.807, 2.05) is 25.2 Å². The summed E-state index contributed by atoms with van der Waals surface area (Å²) in [7, 11) is 5.50. The summed E-state index contributed by atoms with van der Waals surface area (Å²) in [6.07, 6.45) is 5.07. The normalized spacial score (nSPS) is 20.0. The molecule has 0 amide bonds. The predicted molar refractivity (Wildman–Crippen MR) is 87.1 cm³/mol. The molecule has 1 fully saturated rings. The summed E-state index contributed by atoms with van der Waals surface area (Å²) in [6.45, 7) is 4.75. The van der Waals surface area contributed by atoms with E-state index in [1.165, 1.54) is 25.7 Å². The van der Waals surface area contributed by atoms with Crippen LogP contribution in [0.2, 0.25) is 0 Å². The topological polar surface area (TPSA) is 30.5 Å². The highest BCUT2D eigenvalue weighted by Gasteiger charge is 2.33. The number of ether oxygens (including phenoxy) is 2. The molecule has 118 valence electrons. The summed E-state index contributed by atoms with van der Waals surface area (Å²) in [4.78, 5) is 0. The molecule has 1 aliphatic carbocycles. The predicted octanol–water partition coefficient (Wildman–Crippen LogP) is 4.18. The van der Waals surface area contributed by atoms with Gasteiger partial charge in [0.05, 0.1) is 19.8 Å². The first-order valence-corrected chi connectivity index (χ1v) is 7.90. The van der Waals surface area contributed by atoms with Crippen LogP contribution in [0.3, 0.4) is 0 Å². The number of hydrogen-bond acceptors (Lipinski definition) is 3. The van der Waals surface area contributed by atoms with Gasteiger partial charge in [0.15, 0.2) is 0 Å². The van der Waals surface area contributed by atoms with E-state index in [0.717, 1.165) is 17.1 Å². The van der Waals surface area contributed by atoms with Crippen LogP contribution < -0.4 is 14.8 Å². The number of rotatable bonds is 5. The van der Waals surface area contributed by atoms with Gasteiger partial charge in [0.2, 0.25) is 0 Å². The fraction of sp³-hybridized carbons (Fsp3) is 0.667. The van der Waals surface area contributed by atoms with Crippen LogP contribution in [0, 0.1) is 11.3 Å². The van der Waals surface area contributed by atoms with E-state index in [-0.39, 0.29) is 6.04 Å². The Morgan fingerprint density at radius 2 is 1.62 bits per heavy atom. The highest BCUT2D eigenvalue weighted by atomic mass is 16.5. The summed E-state index contributed by atoms with van der Waals surface area (Å²) in [5.41, 5.74) is 1.65. The van der Waals surface area contributed by atoms with Crippen molar-refractivity contribution in [2.24, 2.45) is 11.3 Å². The Bertz CT molecular complexity index is 438. The first-order chi connectivity index (χ1) is 10.0. The lowest BCUT2D eigenvalue weighted by atomic mass is 9.70. The number of benzene rings is 1. The summed E-state index contributed by atoms with van der Waals surface area (Å²) in [5, 5.41) is 3.50. The van der Waals surface area contributed by atoms with Crippen molar-refractivity contribution in [2.45, 2.75) is 45.6 Å². The molecule has 0 bridgehead atoms. The maximum atomic E-state index is 5.58. The molecule has 3 heteroatoms. The Hall–Kier alpha value is -1.22. The quantitative estimate of drug-likeness (QED) is 0.882. The van der Waals surface area contributed by atoms with Crippen LogP contribution in [0.1, 0.15) is 51.1 Å². The van der Waals surface area contributed by atoms with Crippen molar-refractivity contribution in [1.82, 2.24) is 5.32 Å². The molecule has 0 saturated heterocycles. The lowest BCUT2D eigenvalue weighted by Crippen LogP contribution is -2.31. The van der Waals surface area contributed by atoms with Gasteiger partial charge in [-0.2, -0.15) is 0 Å². The minimum atomic E-state index is 0.284. The first-order valence-electron chi connectivity index (χ1n) is 7.90. The number of hydrogen-bond donors (Lipinski definition) is 1. The van der Waals surface area contributed by atoms with Crippen LogP contribution >= 0.6 is 0 Å². The summed E-state index contributed by atoms with van der Waals surface area (Å²) >= 11 is 0. The van der Waals surface area contributed by atoms with Gasteiger partial charge in [-0.3, -0.25) is 0 Å². The van der Waals surface area contributed by atoms with Crippen molar-refractivity contribution in [1.29, 1.82) is 0 Å². The molecule has 1 atom stereocenters. The monoisotopic (exact) mass is 291 g/mol. The van der Waals surface area contributed by atoms with Gasteiger partial charge >= 0.3 is 0 Å². The van der Waals surface area contributed by atoms with E-state index in [2.05, 4.69) is 19.2 Å². The molecular weight excluding hydrogens is 262 g/mol. The Morgan fingerprint density at radius 3 is 2.05 bits per heavy atom. The molecule has 21 heavy (non-hydrogen) atoms. The first kappa shape index (κ1) is 16.2. The lowest BCUT2D eigenvalue weighted by molar-refractivity contribution is 0.162. The number of methoxy groups -OCH3 is 2. The second-order valence-corrected chi connectivity index (χ2v) is 6.84. The van der Waals surface area contributed by atoms with Gasteiger partial charge in [0, 0.05) is 6.04 Å². The van der Waals surface area contributed by atoms with E-state index in [0.29, 0.717) is 11.3 Å². The molecule has 2 rings (SSSR count). The third kappa shape index (κ3) is 3.52. The van der Waals surface area contributed by atoms with Gasteiger partial charge < -0.3 is 14.8 Å². The molecule has 0 aromatic heterocycles. The maximum absolute atomic E-state index is 5.58. The zero-order chi connectivity index (χ0) is 15.5. The zero-order valence-electron chi connectivity index (χ0n) is 14.0. The second-order valence-electron chi connectivity index (χ2n) is 6.84. The van der Waals surface area contributed by atoms with Crippen LogP contribution in [-0.2, 0) is 0 Å². The van der Waals surface area contributed by atoms with E-state index in [9.17, 15) is 0 Å². The van der Waals surface area contributed by atoms with E-state index < -0.39 is 0 Å². The van der Waals surface area contributed by atoms with Crippen LogP contribution in [0.25, 0.3) is 0 Å². The van der Waals surface area contributed by atoms with Crippen molar-refractivity contribution >= 4 is 0 Å². The SMILES string of the molecule is CNC(c1c(OC)cccc1OC)C1CCC(C)(C)CC1. The second kappa shape index (κ2) is 6.69. The molecule has 1 N–H and O–H groups in total. The van der Waals surface area contributed by atoms with Crippen molar-refractivity contribution in [3.8, 4) is 11.5 Å². The van der Waals surface area contributed by atoms with Crippen molar-refractivity contribution in [2.75, 3.05) is 21.3 Å². The van der Waals surface area contributed by atoms with Crippen molar-refractivity contribution in [3.05, 3.63) is 23.8 Å². The summed E-state index contributed by atoms with van der Waals surface area (Å²) < 4.78 is 11.2. The zero-order valence-corrected chi connectivity index (χ0v) is 14.0. The third-order valence-electron chi connectivity index (χ3n) is 4.94. The van der Waals surface area contributed by atoms with Gasteiger partial charge in [0.1, 0.15) is 11.5 Å². The minimum absolute atomic E-state index is 0.284. The Kier molecular flexibility index (Phi) is 5.15. The van der Waals surface area contributed by atoms with Gasteiger partial charge in [-0.25, -0.2) is 0 Å². The highest BCUT2D eigenvalue weighted by Crippen LogP contribution is 2.46. The molecule has 1 aliphatic rings. The third-order valence-corrected chi connectivity index (χ3v) is 4.94. The standard InChI is InChI=1S/C18H29NO2/c1-18(2)11-9-13(10-12-18)17(19-3)16-14(20-4)7-6-8-15(16)21-5/h6-8,13,17,19H,9-12H2,1-5H3. The highest BCUT2D eigenvalue weighted by molar-refractivity contribution is 5.47. The minimum Gasteiger partial charge on any atom is -0.496 e. The Morgan fingerprint density at radius 1 is 1.10 bits per heavy atom. The van der Waals surface area contributed by atoms with Gasteiger partial charge in [0.25, 0.3) is 0 Å². The van der Waals surface area contributed by atoms with Crippen molar-refractivity contribution in [3.63, 3.8) is 0 Å². The molecule has 0 radical (unpaired) electrons. The average molecular weight is 291 g/mol. The molecule has 1 saturated carbocycles. The van der Waals surface area contributed by atoms with Crippen molar-refractivity contribution < 1.29 is 9.47 Å². The lowest BCUT2D eigenvalue weighted by Gasteiger charge is -2.38. The maximum Gasteiger partial charge on any atom is 0.127 e. The number of nitrogens with one attached hydrogen (secondary N) is 1. The Balaban J connectivity index is 2.29. The van der Waals surface area contributed by atoms with E-state index in [4.69, 9.17) is 9.47 Å². The van der Waals surface area contributed by atoms with Gasteiger partial charge in [-0.1, -0.05) is 19.9 Å². The van der Waals surface area contributed by atoms with Crippen LogP contribution in [0.15, 0.2) is 18.2 Å². The molecule has 1 aromatic rings. The molecule has 0 aliphatic heterocycles. The average Bonchev–Trinajstić information content (AvgIpc) is 2.49. The molecule has 0 heterocycles. The van der Waals surface area contributed by atoms with E-state index in [1.54, 1.807) is 14.2 Å². The molecular formula is C18H29NO2. The fourth-order valence-electron chi connectivity index (χ4n) is 3.56. The molecule has 3 nitrogen and oxygen atoms in total. The van der Waals surface area contributed by atoms with E-state index >= 15 is 0 Å². The molecule has 1 aromatic carbocycles. The molecule has 1 unspecified atom stereocenters. The van der Waals surface area contributed by atoms with Crippen LogP contribution in [0.4, 0.5) is 0 Å². The van der Waals surface area contributed by atoms with Gasteiger partial charge in [-0.15, -0.1) is 0 Å². The largest absolute Gasteiger partial charge is 0.496 e. The summed E-state index contributed by atoms with van der Waals surface area (Å²) in [6, 6.07) is 6.31. The smallest absolute Gasteiger partial charge is 0.127 e.